The summed E-state index contributed by atoms with van der Waals surface area (Å²) < 4.78 is 23.0. The number of nitro benzene ring substituents is 1. The molecule has 0 saturated heterocycles. The number of hydrogen-bond donors (Lipinski definition) is 2. The lowest BCUT2D eigenvalue weighted by Crippen LogP contribution is -2.10. The summed E-state index contributed by atoms with van der Waals surface area (Å²) in [4.78, 5) is 21.5. The van der Waals surface area contributed by atoms with E-state index in [1.807, 2.05) is 0 Å². The smallest absolute Gasteiger partial charge is 0.411 e. The van der Waals surface area contributed by atoms with Gasteiger partial charge in [-0.05, 0) is 17.7 Å². The molecular formula is C16H16FN3O5. The van der Waals surface area contributed by atoms with Crippen LogP contribution < -0.4 is 15.4 Å². The maximum atomic E-state index is 13.6. The van der Waals surface area contributed by atoms with E-state index >= 15 is 0 Å². The molecule has 25 heavy (non-hydrogen) atoms. The molecule has 0 radical (unpaired) electrons. The summed E-state index contributed by atoms with van der Waals surface area (Å²) in [6.45, 7) is 0.258. The van der Waals surface area contributed by atoms with Crippen LogP contribution in [-0.2, 0) is 11.3 Å². The molecule has 0 bridgehead atoms. The largest absolute Gasteiger partial charge is 0.494 e. The van der Waals surface area contributed by atoms with E-state index in [-0.39, 0.29) is 23.7 Å². The fraction of sp³-hybridized carbons (Fsp3) is 0.188. The Kier molecular flexibility index (Phi) is 5.72. The standard InChI is InChI=1S/C16H16FN3O5/c1-24-15-8-13(14(20(22)23)7-12(15)17)18-9-10-3-5-11(6-4-10)19-16(21)25-2/h3-8,18H,9H2,1-2H3,(H,19,21). The van der Waals surface area contributed by atoms with Crippen molar-refractivity contribution >= 4 is 23.2 Å². The number of nitro groups is 1. The number of ether oxygens (including phenoxy) is 2. The van der Waals surface area contributed by atoms with Crippen LogP contribution in [0, 0.1) is 15.9 Å². The van der Waals surface area contributed by atoms with Crippen molar-refractivity contribution in [2.45, 2.75) is 6.54 Å². The van der Waals surface area contributed by atoms with Gasteiger partial charge in [0.1, 0.15) is 5.69 Å². The Morgan fingerprint density at radius 3 is 2.48 bits per heavy atom. The molecule has 0 aromatic heterocycles. The van der Waals surface area contributed by atoms with E-state index in [2.05, 4.69) is 15.4 Å². The number of amides is 1. The highest BCUT2D eigenvalue weighted by Gasteiger charge is 2.18. The van der Waals surface area contributed by atoms with Gasteiger partial charge in [0.15, 0.2) is 11.6 Å². The molecule has 0 atom stereocenters. The average Bonchev–Trinajstić information content (AvgIpc) is 2.61. The van der Waals surface area contributed by atoms with E-state index in [1.54, 1.807) is 24.3 Å². The number of benzene rings is 2. The van der Waals surface area contributed by atoms with Crippen molar-refractivity contribution in [1.29, 1.82) is 0 Å². The Morgan fingerprint density at radius 1 is 1.24 bits per heavy atom. The van der Waals surface area contributed by atoms with Gasteiger partial charge in [0.25, 0.3) is 5.69 Å². The van der Waals surface area contributed by atoms with Crippen molar-refractivity contribution in [3.63, 3.8) is 0 Å². The fourth-order valence-electron chi connectivity index (χ4n) is 2.06. The van der Waals surface area contributed by atoms with Gasteiger partial charge in [0, 0.05) is 18.3 Å². The Labute approximate surface area is 142 Å². The number of methoxy groups -OCH3 is 2. The van der Waals surface area contributed by atoms with Crippen LogP contribution in [0.1, 0.15) is 5.56 Å². The molecule has 0 saturated carbocycles. The molecule has 2 aromatic carbocycles. The SMILES string of the molecule is COC(=O)Nc1ccc(CNc2cc(OC)c(F)cc2[N+](=O)[O-])cc1. The molecule has 8 nitrogen and oxygen atoms in total. The normalized spacial score (nSPS) is 10.0. The van der Waals surface area contributed by atoms with Gasteiger partial charge in [-0.1, -0.05) is 12.1 Å². The number of carbonyl (C=O) groups is 1. The summed E-state index contributed by atoms with van der Waals surface area (Å²) in [6, 6.07) is 8.82. The fourth-order valence-corrected chi connectivity index (χ4v) is 2.06. The lowest BCUT2D eigenvalue weighted by Gasteiger charge is -2.10. The molecule has 0 fully saturated rings. The van der Waals surface area contributed by atoms with Crippen molar-refractivity contribution in [2.24, 2.45) is 0 Å². The monoisotopic (exact) mass is 349 g/mol. The molecule has 0 aliphatic rings. The molecule has 0 unspecified atom stereocenters. The van der Waals surface area contributed by atoms with Crippen molar-refractivity contribution in [2.75, 3.05) is 24.9 Å². The summed E-state index contributed by atoms with van der Waals surface area (Å²) in [5, 5.41) is 16.5. The van der Waals surface area contributed by atoms with Crippen LogP contribution in [0.5, 0.6) is 5.75 Å². The topological polar surface area (TPSA) is 103 Å². The summed E-state index contributed by atoms with van der Waals surface area (Å²) >= 11 is 0. The zero-order valence-corrected chi connectivity index (χ0v) is 13.5. The summed E-state index contributed by atoms with van der Waals surface area (Å²) in [6.07, 6.45) is -0.583. The summed E-state index contributed by atoms with van der Waals surface area (Å²) in [5.74, 6) is -0.899. The number of nitrogens with one attached hydrogen (secondary N) is 2. The van der Waals surface area contributed by atoms with Crippen LogP contribution in [0.15, 0.2) is 36.4 Å². The first-order chi connectivity index (χ1) is 11.9. The van der Waals surface area contributed by atoms with Crippen LogP contribution in [0.25, 0.3) is 0 Å². The predicted octanol–water partition coefficient (Wildman–Crippen LogP) is 3.53. The number of anilines is 2. The molecule has 0 aliphatic carbocycles. The highest BCUT2D eigenvalue weighted by Crippen LogP contribution is 2.32. The maximum Gasteiger partial charge on any atom is 0.411 e. The quantitative estimate of drug-likeness (QED) is 0.611. The third-order valence-electron chi connectivity index (χ3n) is 3.34. The van der Waals surface area contributed by atoms with Crippen molar-refractivity contribution in [3.05, 3.63) is 57.9 Å². The summed E-state index contributed by atoms with van der Waals surface area (Å²) in [5.41, 5.74) is 1.10. The van der Waals surface area contributed by atoms with E-state index in [0.717, 1.165) is 11.6 Å². The van der Waals surface area contributed by atoms with Gasteiger partial charge in [-0.25, -0.2) is 9.18 Å². The average molecular weight is 349 g/mol. The number of hydrogen-bond acceptors (Lipinski definition) is 6. The van der Waals surface area contributed by atoms with Gasteiger partial charge in [-0.2, -0.15) is 0 Å². The molecule has 0 aliphatic heterocycles. The van der Waals surface area contributed by atoms with Crippen LogP contribution in [-0.4, -0.2) is 25.2 Å². The molecular weight excluding hydrogens is 333 g/mol. The van der Waals surface area contributed by atoms with E-state index in [4.69, 9.17) is 4.74 Å². The number of halogens is 1. The van der Waals surface area contributed by atoms with E-state index in [1.165, 1.54) is 20.3 Å². The first kappa shape index (κ1) is 18.0. The Balaban J connectivity index is 2.12. The van der Waals surface area contributed by atoms with Gasteiger partial charge in [-0.3, -0.25) is 15.4 Å². The van der Waals surface area contributed by atoms with Crippen LogP contribution in [0.2, 0.25) is 0 Å². The third-order valence-corrected chi connectivity index (χ3v) is 3.34. The second-order valence-corrected chi connectivity index (χ2v) is 4.93. The minimum absolute atomic E-state index is 0.0919. The van der Waals surface area contributed by atoms with Crippen LogP contribution in [0.3, 0.4) is 0 Å². The minimum Gasteiger partial charge on any atom is -0.494 e. The molecule has 2 rings (SSSR count). The lowest BCUT2D eigenvalue weighted by molar-refractivity contribution is -0.384. The Bertz CT molecular complexity index is 780. The number of rotatable bonds is 6. The van der Waals surface area contributed by atoms with Gasteiger partial charge in [0.2, 0.25) is 0 Å². The van der Waals surface area contributed by atoms with E-state index < -0.39 is 16.8 Å². The van der Waals surface area contributed by atoms with Crippen molar-refractivity contribution < 1.29 is 23.6 Å². The molecule has 0 heterocycles. The molecule has 2 aromatic rings. The number of nitrogens with zero attached hydrogens (tertiary/aromatic N) is 1. The predicted molar refractivity (Wildman–Crippen MR) is 89.4 cm³/mol. The van der Waals surface area contributed by atoms with Crippen LogP contribution in [0.4, 0.5) is 26.2 Å². The highest BCUT2D eigenvalue weighted by atomic mass is 19.1. The van der Waals surface area contributed by atoms with Gasteiger partial charge >= 0.3 is 6.09 Å². The van der Waals surface area contributed by atoms with Crippen molar-refractivity contribution in [1.82, 2.24) is 0 Å². The molecule has 2 N–H and O–H groups in total. The third kappa shape index (κ3) is 4.56. The van der Waals surface area contributed by atoms with Gasteiger partial charge in [-0.15, -0.1) is 0 Å². The molecule has 132 valence electrons. The maximum absolute atomic E-state index is 13.6. The van der Waals surface area contributed by atoms with E-state index in [0.29, 0.717) is 5.69 Å². The van der Waals surface area contributed by atoms with Crippen molar-refractivity contribution in [3.8, 4) is 5.75 Å². The van der Waals surface area contributed by atoms with E-state index in [9.17, 15) is 19.3 Å². The molecule has 0 spiro atoms. The zero-order chi connectivity index (χ0) is 18.4. The highest BCUT2D eigenvalue weighted by molar-refractivity contribution is 5.84. The zero-order valence-electron chi connectivity index (χ0n) is 13.5. The van der Waals surface area contributed by atoms with Gasteiger partial charge < -0.3 is 14.8 Å². The minimum atomic E-state index is -0.807. The Hall–Kier alpha value is -3.36. The summed E-state index contributed by atoms with van der Waals surface area (Å²) in [7, 11) is 2.54. The number of carbonyl (C=O) groups excluding carboxylic acids is 1. The first-order valence-electron chi connectivity index (χ1n) is 7.14. The molecule has 1 amide bonds. The Morgan fingerprint density at radius 2 is 1.92 bits per heavy atom. The molecule has 9 heteroatoms. The van der Waals surface area contributed by atoms with Gasteiger partial charge in [0.05, 0.1) is 25.2 Å². The second-order valence-electron chi connectivity index (χ2n) is 4.93. The first-order valence-corrected chi connectivity index (χ1v) is 7.14. The second kappa shape index (κ2) is 7.95. The van der Waals surface area contributed by atoms with Crippen LogP contribution >= 0.6 is 0 Å². The lowest BCUT2D eigenvalue weighted by atomic mass is 10.2.